The Labute approximate surface area is 124 Å². The van der Waals surface area contributed by atoms with Gasteiger partial charge in [0.25, 0.3) is 0 Å². The van der Waals surface area contributed by atoms with Crippen LogP contribution < -0.4 is 9.64 Å². The zero-order valence-corrected chi connectivity index (χ0v) is 12.6. The zero-order chi connectivity index (χ0) is 14.7. The van der Waals surface area contributed by atoms with E-state index in [1.54, 1.807) is 19.4 Å². The Morgan fingerprint density at radius 3 is 2.71 bits per heavy atom. The second-order valence-corrected chi connectivity index (χ2v) is 5.49. The van der Waals surface area contributed by atoms with Gasteiger partial charge in [-0.05, 0) is 18.8 Å². The minimum absolute atomic E-state index is 0.620. The maximum atomic E-state index is 5.16. The second kappa shape index (κ2) is 6.11. The molecule has 6 heteroatoms. The molecule has 1 fully saturated rings. The first kappa shape index (κ1) is 13.9. The Hall–Kier alpha value is -2.11. The Balaban J connectivity index is 1.58. The summed E-state index contributed by atoms with van der Waals surface area (Å²) in [6.45, 7) is 1.98. The summed E-state index contributed by atoms with van der Waals surface area (Å²) in [6.07, 6.45) is 8.97. The molecule has 0 bridgehead atoms. The van der Waals surface area contributed by atoms with E-state index < -0.39 is 0 Å². The second-order valence-electron chi connectivity index (χ2n) is 5.49. The predicted octanol–water partition coefficient (Wildman–Crippen LogP) is 1.68. The average Bonchev–Trinajstić information content (AvgIpc) is 2.93. The van der Waals surface area contributed by atoms with Gasteiger partial charge in [0.05, 0.1) is 7.11 Å². The lowest BCUT2D eigenvalue weighted by Gasteiger charge is -2.31. The van der Waals surface area contributed by atoms with Crippen LogP contribution in [0.2, 0.25) is 0 Å². The van der Waals surface area contributed by atoms with E-state index in [1.807, 2.05) is 12.4 Å². The molecule has 2 aromatic heterocycles. The van der Waals surface area contributed by atoms with Crippen molar-refractivity contribution >= 4 is 5.95 Å². The molecule has 3 rings (SSSR count). The third-order valence-corrected chi connectivity index (χ3v) is 4.12. The molecule has 1 aliphatic heterocycles. The fraction of sp³-hybridized carbons (Fsp3) is 0.533. The largest absolute Gasteiger partial charge is 0.481 e. The van der Waals surface area contributed by atoms with Crippen LogP contribution in [0.3, 0.4) is 0 Å². The van der Waals surface area contributed by atoms with Crippen molar-refractivity contribution in [2.45, 2.75) is 19.3 Å². The van der Waals surface area contributed by atoms with Gasteiger partial charge >= 0.3 is 0 Å². The third kappa shape index (κ3) is 3.15. The van der Waals surface area contributed by atoms with Gasteiger partial charge in [0, 0.05) is 51.2 Å². The van der Waals surface area contributed by atoms with Crippen LogP contribution in [0.1, 0.15) is 18.7 Å². The fourth-order valence-corrected chi connectivity index (χ4v) is 2.79. The quantitative estimate of drug-likeness (QED) is 0.856. The molecule has 0 unspecified atom stereocenters. The number of hydrogen-bond donors (Lipinski definition) is 0. The number of aromatic nitrogens is 4. The topological polar surface area (TPSA) is 56.1 Å². The van der Waals surface area contributed by atoms with Crippen LogP contribution in [0.15, 0.2) is 24.7 Å². The van der Waals surface area contributed by atoms with Crippen LogP contribution in [0.5, 0.6) is 5.88 Å². The standard InChI is InChI=1S/C15H21N5O/c1-19-10-7-16-13(19)11-12-4-8-20(9-5-12)15-17-6-3-14(18-15)21-2/h3,6-7,10,12H,4-5,8-9,11H2,1-2H3. The van der Waals surface area contributed by atoms with E-state index in [9.17, 15) is 0 Å². The van der Waals surface area contributed by atoms with E-state index in [2.05, 4.69) is 31.5 Å². The van der Waals surface area contributed by atoms with Crippen molar-refractivity contribution in [1.29, 1.82) is 0 Å². The molecule has 0 N–H and O–H groups in total. The van der Waals surface area contributed by atoms with Gasteiger partial charge in [0.1, 0.15) is 5.82 Å². The number of methoxy groups -OCH3 is 1. The summed E-state index contributed by atoms with van der Waals surface area (Å²) in [4.78, 5) is 15.4. The zero-order valence-electron chi connectivity index (χ0n) is 12.6. The number of ether oxygens (including phenoxy) is 1. The van der Waals surface area contributed by atoms with Crippen molar-refractivity contribution in [2.24, 2.45) is 13.0 Å². The van der Waals surface area contributed by atoms with E-state index in [-0.39, 0.29) is 0 Å². The first-order valence-electron chi connectivity index (χ1n) is 7.34. The molecular weight excluding hydrogens is 266 g/mol. The molecule has 0 saturated carbocycles. The van der Waals surface area contributed by atoms with Gasteiger partial charge in [-0.2, -0.15) is 4.98 Å². The lowest BCUT2D eigenvalue weighted by atomic mass is 9.93. The summed E-state index contributed by atoms with van der Waals surface area (Å²) >= 11 is 0. The number of piperidine rings is 1. The number of hydrogen-bond acceptors (Lipinski definition) is 5. The fourth-order valence-electron chi connectivity index (χ4n) is 2.79. The first-order chi connectivity index (χ1) is 10.3. The van der Waals surface area contributed by atoms with Gasteiger partial charge in [0.15, 0.2) is 0 Å². The molecule has 1 aliphatic rings. The van der Waals surface area contributed by atoms with Gasteiger partial charge in [-0.1, -0.05) is 0 Å². The van der Waals surface area contributed by atoms with E-state index in [4.69, 9.17) is 4.74 Å². The highest BCUT2D eigenvalue weighted by Crippen LogP contribution is 2.24. The summed E-state index contributed by atoms with van der Waals surface area (Å²) in [5.74, 6) is 3.25. The Kier molecular flexibility index (Phi) is 4.03. The third-order valence-electron chi connectivity index (χ3n) is 4.12. The van der Waals surface area contributed by atoms with Crippen molar-refractivity contribution in [1.82, 2.24) is 19.5 Å². The maximum Gasteiger partial charge on any atom is 0.228 e. The van der Waals surface area contributed by atoms with Gasteiger partial charge < -0.3 is 14.2 Å². The van der Waals surface area contributed by atoms with Crippen LogP contribution in [0.4, 0.5) is 5.95 Å². The summed E-state index contributed by atoms with van der Waals surface area (Å²) in [5.41, 5.74) is 0. The molecule has 112 valence electrons. The molecule has 0 radical (unpaired) electrons. The normalized spacial score (nSPS) is 16.2. The van der Waals surface area contributed by atoms with Gasteiger partial charge in [-0.3, -0.25) is 0 Å². The minimum atomic E-state index is 0.620. The monoisotopic (exact) mass is 287 g/mol. The molecule has 3 heterocycles. The first-order valence-corrected chi connectivity index (χ1v) is 7.34. The van der Waals surface area contributed by atoms with Crippen molar-refractivity contribution in [3.05, 3.63) is 30.5 Å². The number of anilines is 1. The molecule has 2 aromatic rings. The molecular formula is C15H21N5O. The molecule has 0 amide bonds. The average molecular weight is 287 g/mol. The number of imidazole rings is 1. The van der Waals surface area contributed by atoms with Crippen molar-refractivity contribution < 1.29 is 4.74 Å². The lowest BCUT2D eigenvalue weighted by molar-refractivity contribution is 0.382. The molecule has 6 nitrogen and oxygen atoms in total. The van der Waals surface area contributed by atoms with Crippen molar-refractivity contribution in [3.8, 4) is 5.88 Å². The van der Waals surface area contributed by atoms with Crippen LogP contribution in [-0.2, 0) is 13.5 Å². The number of aryl methyl sites for hydroxylation is 1. The predicted molar refractivity (Wildman–Crippen MR) is 80.4 cm³/mol. The highest BCUT2D eigenvalue weighted by molar-refractivity contribution is 5.32. The summed E-state index contributed by atoms with van der Waals surface area (Å²) in [7, 11) is 3.69. The summed E-state index contributed by atoms with van der Waals surface area (Å²) in [6, 6.07) is 1.78. The highest BCUT2D eigenvalue weighted by atomic mass is 16.5. The van der Waals surface area contributed by atoms with E-state index in [0.29, 0.717) is 11.8 Å². The Bertz CT molecular complexity index is 589. The van der Waals surface area contributed by atoms with E-state index >= 15 is 0 Å². The Morgan fingerprint density at radius 1 is 1.24 bits per heavy atom. The van der Waals surface area contributed by atoms with Crippen LogP contribution >= 0.6 is 0 Å². The van der Waals surface area contributed by atoms with Gasteiger partial charge in [-0.25, -0.2) is 9.97 Å². The van der Waals surface area contributed by atoms with E-state index in [0.717, 1.165) is 38.3 Å². The van der Waals surface area contributed by atoms with Gasteiger partial charge in [-0.15, -0.1) is 0 Å². The molecule has 0 aliphatic carbocycles. The van der Waals surface area contributed by atoms with Crippen LogP contribution in [0.25, 0.3) is 0 Å². The molecule has 21 heavy (non-hydrogen) atoms. The SMILES string of the molecule is COc1ccnc(N2CCC(Cc3nccn3C)CC2)n1. The summed E-state index contributed by atoms with van der Waals surface area (Å²) in [5, 5.41) is 0. The van der Waals surface area contributed by atoms with Crippen molar-refractivity contribution in [2.75, 3.05) is 25.1 Å². The molecule has 0 aromatic carbocycles. The van der Waals surface area contributed by atoms with Crippen molar-refractivity contribution in [3.63, 3.8) is 0 Å². The number of nitrogens with zero attached hydrogens (tertiary/aromatic N) is 5. The maximum absolute atomic E-state index is 5.16. The minimum Gasteiger partial charge on any atom is -0.481 e. The smallest absolute Gasteiger partial charge is 0.228 e. The summed E-state index contributed by atoms with van der Waals surface area (Å²) < 4.78 is 7.27. The number of rotatable bonds is 4. The van der Waals surface area contributed by atoms with Crippen LogP contribution in [0, 0.1) is 5.92 Å². The van der Waals surface area contributed by atoms with Gasteiger partial charge in [0.2, 0.25) is 11.8 Å². The lowest BCUT2D eigenvalue weighted by Crippen LogP contribution is -2.35. The Morgan fingerprint density at radius 2 is 2.05 bits per heavy atom. The van der Waals surface area contributed by atoms with E-state index in [1.165, 1.54) is 5.82 Å². The van der Waals surface area contributed by atoms with Crippen LogP contribution in [-0.4, -0.2) is 39.7 Å². The molecule has 1 saturated heterocycles. The molecule has 0 spiro atoms. The molecule has 0 atom stereocenters. The highest BCUT2D eigenvalue weighted by Gasteiger charge is 2.22.